The van der Waals surface area contributed by atoms with Crippen LogP contribution in [-0.2, 0) is 4.74 Å². The molecule has 0 aromatic heterocycles. The quantitative estimate of drug-likeness (QED) is 0.870. The van der Waals surface area contributed by atoms with Crippen molar-refractivity contribution in [3.63, 3.8) is 0 Å². The number of rotatable bonds is 3. The molecule has 1 aromatic rings. The summed E-state index contributed by atoms with van der Waals surface area (Å²) in [6, 6.07) is 5.63. The molecule has 4 heteroatoms. The molecule has 0 bridgehead atoms. The molecule has 1 fully saturated rings. The number of nitrogen functional groups attached to an aromatic ring is 1. The summed E-state index contributed by atoms with van der Waals surface area (Å²) in [6.07, 6.45) is 2.31. The Morgan fingerprint density at radius 2 is 2.29 bits per heavy atom. The first kappa shape index (κ1) is 12.7. The van der Waals surface area contributed by atoms with Crippen molar-refractivity contribution in [1.82, 2.24) is 0 Å². The van der Waals surface area contributed by atoms with Crippen molar-refractivity contribution in [2.24, 2.45) is 0 Å². The number of hydrogen-bond acceptors (Lipinski definition) is 3. The van der Waals surface area contributed by atoms with E-state index in [-0.39, 0.29) is 11.7 Å². The Labute approximate surface area is 110 Å². The molecule has 3 nitrogen and oxygen atoms in total. The van der Waals surface area contributed by atoms with E-state index in [1.54, 1.807) is 0 Å². The van der Waals surface area contributed by atoms with Gasteiger partial charge in [-0.3, -0.25) is 0 Å². The molecular weight excluding hydrogens is 282 g/mol. The van der Waals surface area contributed by atoms with Crippen LogP contribution in [0.2, 0.25) is 0 Å². The fraction of sp³-hybridized carbons (Fsp3) is 0.538. The highest BCUT2D eigenvalue weighted by molar-refractivity contribution is 9.10. The Morgan fingerprint density at radius 1 is 1.53 bits per heavy atom. The van der Waals surface area contributed by atoms with E-state index in [0.717, 1.165) is 23.1 Å². The van der Waals surface area contributed by atoms with Crippen LogP contribution in [-0.4, -0.2) is 18.3 Å². The molecule has 0 saturated carbocycles. The van der Waals surface area contributed by atoms with Gasteiger partial charge in [0.05, 0.1) is 16.2 Å². The highest BCUT2D eigenvalue weighted by Crippen LogP contribution is 2.33. The molecule has 0 spiro atoms. The molecule has 0 radical (unpaired) electrons. The smallest absolute Gasteiger partial charge is 0.135 e. The van der Waals surface area contributed by atoms with Gasteiger partial charge in [-0.05, 0) is 54.8 Å². The average molecular weight is 300 g/mol. The first-order valence-electron chi connectivity index (χ1n) is 5.82. The van der Waals surface area contributed by atoms with Crippen LogP contribution in [0.15, 0.2) is 22.7 Å². The normalized spacial score (nSPS) is 22.6. The summed E-state index contributed by atoms with van der Waals surface area (Å²) in [7, 11) is 0. The SMILES string of the molecule is CC1(C)CCC(COc2cccc(N)c2Br)O1. The number of nitrogens with two attached hydrogens (primary N) is 1. The van der Waals surface area contributed by atoms with Gasteiger partial charge in [-0.2, -0.15) is 0 Å². The summed E-state index contributed by atoms with van der Waals surface area (Å²) in [6.45, 7) is 4.80. The van der Waals surface area contributed by atoms with Crippen molar-refractivity contribution < 1.29 is 9.47 Å². The number of benzene rings is 1. The lowest BCUT2D eigenvalue weighted by Crippen LogP contribution is -2.24. The zero-order valence-corrected chi connectivity index (χ0v) is 11.8. The first-order chi connectivity index (χ1) is 7.98. The fourth-order valence-corrected chi connectivity index (χ4v) is 2.40. The third-order valence-electron chi connectivity index (χ3n) is 2.97. The van der Waals surface area contributed by atoms with Crippen molar-refractivity contribution >= 4 is 21.6 Å². The zero-order chi connectivity index (χ0) is 12.5. The molecular formula is C13H18BrNO2. The summed E-state index contributed by atoms with van der Waals surface area (Å²) in [5, 5.41) is 0. The summed E-state index contributed by atoms with van der Waals surface area (Å²) >= 11 is 3.42. The minimum absolute atomic E-state index is 0.0129. The largest absolute Gasteiger partial charge is 0.490 e. The highest BCUT2D eigenvalue weighted by atomic mass is 79.9. The van der Waals surface area contributed by atoms with Gasteiger partial charge in [0.15, 0.2) is 0 Å². The Hall–Kier alpha value is -0.740. The Bertz CT molecular complexity index is 406. The van der Waals surface area contributed by atoms with Crippen molar-refractivity contribution in [3.8, 4) is 5.75 Å². The predicted octanol–water partition coefficient (Wildman–Crippen LogP) is 3.37. The Kier molecular flexibility index (Phi) is 3.64. The van der Waals surface area contributed by atoms with Crippen molar-refractivity contribution in [3.05, 3.63) is 22.7 Å². The third-order valence-corrected chi connectivity index (χ3v) is 3.82. The summed E-state index contributed by atoms with van der Waals surface area (Å²) in [5.41, 5.74) is 6.47. The van der Waals surface area contributed by atoms with Crippen LogP contribution in [0, 0.1) is 0 Å². The van der Waals surface area contributed by atoms with Crippen LogP contribution in [0.3, 0.4) is 0 Å². The maximum atomic E-state index is 5.87. The predicted molar refractivity (Wildman–Crippen MR) is 72.2 cm³/mol. The molecule has 1 aliphatic rings. The number of ether oxygens (including phenoxy) is 2. The van der Waals surface area contributed by atoms with Crippen LogP contribution >= 0.6 is 15.9 Å². The highest BCUT2D eigenvalue weighted by Gasteiger charge is 2.31. The number of anilines is 1. The molecule has 1 saturated heterocycles. The zero-order valence-electron chi connectivity index (χ0n) is 10.2. The van der Waals surface area contributed by atoms with Gasteiger partial charge >= 0.3 is 0 Å². The monoisotopic (exact) mass is 299 g/mol. The van der Waals surface area contributed by atoms with Crippen LogP contribution in [0.1, 0.15) is 26.7 Å². The molecule has 1 atom stereocenters. The van der Waals surface area contributed by atoms with E-state index in [0.29, 0.717) is 12.3 Å². The van der Waals surface area contributed by atoms with E-state index in [4.69, 9.17) is 15.2 Å². The van der Waals surface area contributed by atoms with Gasteiger partial charge in [-0.25, -0.2) is 0 Å². The number of halogens is 1. The molecule has 0 amide bonds. The third kappa shape index (κ3) is 3.13. The van der Waals surface area contributed by atoms with E-state index < -0.39 is 0 Å². The minimum Gasteiger partial charge on any atom is -0.490 e. The molecule has 1 aliphatic heterocycles. The van der Waals surface area contributed by atoms with Crippen LogP contribution < -0.4 is 10.5 Å². The van der Waals surface area contributed by atoms with Gasteiger partial charge in [0.25, 0.3) is 0 Å². The molecule has 1 heterocycles. The van der Waals surface area contributed by atoms with Crippen LogP contribution in [0.5, 0.6) is 5.75 Å². The second kappa shape index (κ2) is 4.86. The molecule has 2 N–H and O–H groups in total. The summed E-state index contributed by atoms with van der Waals surface area (Å²) < 4.78 is 12.4. The van der Waals surface area contributed by atoms with Gasteiger partial charge in [0.1, 0.15) is 12.4 Å². The maximum Gasteiger partial charge on any atom is 0.135 e. The maximum absolute atomic E-state index is 5.87. The lowest BCUT2D eigenvalue weighted by molar-refractivity contribution is -0.0327. The van der Waals surface area contributed by atoms with Gasteiger partial charge in [0.2, 0.25) is 0 Å². The Balaban J connectivity index is 1.93. The van der Waals surface area contributed by atoms with E-state index in [2.05, 4.69) is 29.8 Å². The van der Waals surface area contributed by atoms with E-state index in [9.17, 15) is 0 Å². The molecule has 1 unspecified atom stereocenters. The first-order valence-corrected chi connectivity index (χ1v) is 6.62. The molecule has 2 rings (SSSR count). The molecule has 17 heavy (non-hydrogen) atoms. The van der Waals surface area contributed by atoms with Crippen molar-refractivity contribution in [1.29, 1.82) is 0 Å². The fourth-order valence-electron chi connectivity index (χ4n) is 2.02. The minimum atomic E-state index is -0.0129. The topological polar surface area (TPSA) is 44.5 Å². The van der Waals surface area contributed by atoms with Crippen molar-refractivity contribution in [2.45, 2.75) is 38.4 Å². The van der Waals surface area contributed by atoms with Gasteiger partial charge in [0, 0.05) is 5.69 Å². The number of hydrogen-bond donors (Lipinski definition) is 1. The Morgan fingerprint density at radius 3 is 2.94 bits per heavy atom. The summed E-state index contributed by atoms with van der Waals surface area (Å²) in [4.78, 5) is 0. The molecule has 94 valence electrons. The molecule has 1 aromatic carbocycles. The molecule has 0 aliphatic carbocycles. The lowest BCUT2D eigenvalue weighted by Gasteiger charge is -2.19. The standard InChI is InChI=1S/C13H18BrNO2/c1-13(2)7-6-9(17-13)8-16-11-5-3-4-10(15)12(11)14/h3-5,9H,6-8,15H2,1-2H3. The van der Waals surface area contributed by atoms with Crippen LogP contribution in [0.25, 0.3) is 0 Å². The van der Waals surface area contributed by atoms with Crippen molar-refractivity contribution in [2.75, 3.05) is 12.3 Å². The lowest BCUT2D eigenvalue weighted by atomic mass is 10.1. The van der Waals surface area contributed by atoms with E-state index in [1.165, 1.54) is 0 Å². The van der Waals surface area contributed by atoms with E-state index >= 15 is 0 Å². The second-order valence-electron chi connectivity index (χ2n) is 5.01. The van der Waals surface area contributed by atoms with E-state index in [1.807, 2.05) is 18.2 Å². The second-order valence-corrected chi connectivity index (χ2v) is 5.80. The van der Waals surface area contributed by atoms with Gasteiger partial charge in [-0.1, -0.05) is 6.07 Å². The average Bonchev–Trinajstić information content (AvgIpc) is 2.61. The van der Waals surface area contributed by atoms with Gasteiger partial charge in [-0.15, -0.1) is 0 Å². The van der Waals surface area contributed by atoms with Gasteiger partial charge < -0.3 is 15.2 Å². The van der Waals surface area contributed by atoms with Crippen LogP contribution in [0.4, 0.5) is 5.69 Å². The summed E-state index contributed by atoms with van der Waals surface area (Å²) in [5.74, 6) is 0.776.